The summed E-state index contributed by atoms with van der Waals surface area (Å²) < 4.78 is 0. The first-order valence-corrected chi connectivity index (χ1v) is 7.16. The molecule has 0 aliphatic carbocycles. The van der Waals surface area contributed by atoms with Crippen molar-refractivity contribution in [3.05, 3.63) is 35.9 Å². The maximum atomic E-state index is 12.1. The zero-order valence-electron chi connectivity index (χ0n) is 12.7. The van der Waals surface area contributed by atoms with Crippen molar-refractivity contribution in [3.63, 3.8) is 0 Å². The van der Waals surface area contributed by atoms with Crippen LogP contribution in [0.5, 0.6) is 0 Å². The fraction of sp³-hybridized carbons (Fsp3) is 0.562. The highest BCUT2D eigenvalue weighted by atomic mass is 16.3. The Morgan fingerprint density at radius 3 is 2.50 bits per heavy atom. The Hall–Kier alpha value is -1.39. The Morgan fingerprint density at radius 1 is 1.30 bits per heavy atom. The monoisotopic (exact) mass is 278 g/mol. The lowest BCUT2D eigenvalue weighted by molar-refractivity contribution is -0.122. The molecule has 0 bridgehead atoms. The van der Waals surface area contributed by atoms with E-state index in [-0.39, 0.29) is 18.6 Å². The van der Waals surface area contributed by atoms with Gasteiger partial charge in [0.2, 0.25) is 5.91 Å². The van der Waals surface area contributed by atoms with Crippen molar-refractivity contribution in [3.8, 4) is 0 Å². The van der Waals surface area contributed by atoms with Crippen LogP contribution in [0.25, 0.3) is 0 Å². The average molecular weight is 278 g/mol. The van der Waals surface area contributed by atoms with Gasteiger partial charge in [-0.2, -0.15) is 0 Å². The Morgan fingerprint density at radius 2 is 1.95 bits per heavy atom. The van der Waals surface area contributed by atoms with Crippen LogP contribution < -0.4 is 5.32 Å². The summed E-state index contributed by atoms with van der Waals surface area (Å²) in [4.78, 5) is 13.9. The van der Waals surface area contributed by atoms with E-state index < -0.39 is 0 Å². The highest BCUT2D eigenvalue weighted by molar-refractivity contribution is 5.78. The highest BCUT2D eigenvalue weighted by Gasteiger charge is 2.16. The maximum Gasteiger partial charge on any atom is 0.234 e. The predicted octanol–water partition coefficient (Wildman–Crippen LogP) is 1.81. The van der Waals surface area contributed by atoms with Crippen molar-refractivity contribution in [2.45, 2.75) is 26.3 Å². The zero-order valence-corrected chi connectivity index (χ0v) is 12.7. The third-order valence-corrected chi connectivity index (χ3v) is 3.14. The van der Waals surface area contributed by atoms with Crippen LogP contribution >= 0.6 is 0 Å². The van der Waals surface area contributed by atoms with Crippen LogP contribution in [0.1, 0.15) is 31.9 Å². The molecule has 0 aliphatic heterocycles. The second kappa shape index (κ2) is 8.72. The normalized spacial score (nSPS) is 12.7. The van der Waals surface area contributed by atoms with Crippen LogP contribution in [-0.4, -0.2) is 42.7 Å². The Labute approximate surface area is 121 Å². The van der Waals surface area contributed by atoms with Gasteiger partial charge in [0.05, 0.1) is 19.2 Å². The van der Waals surface area contributed by atoms with E-state index in [1.54, 1.807) is 0 Å². The summed E-state index contributed by atoms with van der Waals surface area (Å²) in [5, 5.41) is 11.9. The van der Waals surface area contributed by atoms with Gasteiger partial charge in [0.25, 0.3) is 0 Å². The van der Waals surface area contributed by atoms with Crippen molar-refractivity contribution in [1.82, 2.24) is 10.2 Å². The number of carbonyl (C=O) groups excluding carboxylic acids is 1. The number of likely N-dealkylation sites (N-methyl/N-ethyl adjacent to an activating group) is 1. The van der Waals surface area contributed by atoms with E-state index in [0.717, 1.165) is 12.0 Å². The fourth-order valence-corrected chi connectivity index (χ4v) is 2.17. The number of nitrogens with zero attached hydrogens (tertiary/aromatic N) is 1. The molecule has 1 rings (SSSR count). The molecule has 0 heterocycles. The van der Waals surface area contributed by atoms with Gasteiger partial charge in [-0.15, -0.1) is 0 Å². The van der Waals surface area contributed by atoms with E-state index >= 15 is 0 Å². The molecule has 2 N–H and O–H groups in total. The standard InChI is InChI=1S/C16H26N2O2/c1-13(2)11-15(14-7-5-4-6-8-14)17-16(20)12-18(3)9-10-19/h4-8,13,15,19H,9-12H2,1-3H3,(H,17,20). The summed E-state index contributed by atoms with van der Waals surface area (Å²) >= 11 is 0. The predicted molar refractivity (Wildman–Crippen MR) is 81.4 cm³/mol. The first kappa shape index (κ1) is 16.7. The maximum absolute atomic E-state index is 12.1. The molecule has 1 atom stereocenters. The van der Waals surface area contributed by atoms with Crippen LogP contribution in [0.15, 0.2) is 30.3 Å². The minimum atomic E-state index is -0.00421. The molecule has 0 saturated heterocycles. The summed E-state index contributed by atoms with van der Waals surface area (Å²) in [7, 11) is 1.83. The molecule has 0 fully saturated rings. The van der Waals surface area contributed by atoms with Crippen LogP contribution in [-0.2, 0) is 4.79 Å². The number of hydrogen-bond acceptors (Lipinski definition) is 3. The first-order valence-electron chi connectivity index (χ1n) is 7.16. The smallest absolute Gasteiger partial charge is 0.234 e. The minimum absolute atomic E-state index is 0.00421. The van der Waals surface area contributed by atoms with Crippen molar-refractivity contribution in [2.75, 3.05) is 26.7 Å². The van der Waals surface area contributed by atoms with E-state index in [4.69, 9.17) is 5.11 Å². The number of carbonyl (C=O) groups is 1. The number of rotatable bonds is 8. The summed E-state index contributed by atoms with van der Waals surface area (Å²) in [6.45, 7) is 5.19. The number of nitrogens with one attached hydrogen (secondary N) is 1. The van der Waals surface area contributed by atoms with Crippen molar-refractivity contribution in [1.29, 1.82) is 0 Å². The van der Waals surface area contributed by atoms with E-state index in [1.807, 2.05) is 42.3 Å². The Kier molecular flexibility index (Phi) is 7.26. The third-order valence-electron chi connectivity index (χ3n) is 3.14. The number of aliphatic hydroxyl groups is 1. The minimum Gasteiger partial charge on any atom is -0.395 e. The van der Waals surface area contributed by atoms with Crippen LogP contribution in [0, 0.1) is 5.92 Å². The zero-order chi connectivity index (χ0) is 15.0. The molecule has 1 aromatic rings. The largest absolute Gasteiger partial charge is 0.395 e. The van der Waals surface area contributed by atoms with Crippen LogP contribution in [0.4, 0.5) is 0 Å². The number of aliphatic hydroxyl groups excluding tert-OH is 1. The molecule has 112 valence electrons. The van der Waals surface area contributed by atoms with Crippen molar-refractivity contribution >= 4 is 5.91 Å². The van der Waals surface area contributed by atoms with Crippen LogP contribution in [0.2, 0.25) is 0 Å². The van der Waals surface area contributed by atoms with Crippen molar-refractivity contribution < 1.29 is 9.90 Å². The second-order valence-corrected chi connectivity index (χ2v) is 5.62. The van der Waals surface area contributed by atoms with Crippen molar-refractivity contribution in [2.24, 2.45) is 5.92 Å². The topological polar surface area (TPSA) is 52.6 Å². The molecule has 0 radical (unpaired) electrons. The van der Waals surface area contributed by atoms with Gasteiger partial charge in [0, 0.05) is 6.54 Å². The van der Waals surface area contributed by atoms with Gasteiger partial charge >= 0.3 is 0 Å². The van der Waals surface area contributed by atoms with Gasteiger partial charge in [-0.05, 0) is 24.9 Å². The van der Waals surface area contributed by atoms with E-state index in [9.17, 15) is 4.79 Å². The van der Waals surface area contributed by atoms with E-state index in [1.165, 1.54) is 0 Å². The van der Waals surface area contributed by atoms with Gasteiger partial charge in [-0.3, -0.25) is 9.69 Å². The lowest BCUT2D eigenvalue weighted by Gasteiger charge is -2.23. The van der Waals surface area contributed by atoms with Gasteiger partial charge in [0.1, 0.15) is 0 Å². The molecule has 1 aromatic carbocycles. The molecular formula is C16H26N2O2. The summed E-state index contributed by atoms with van der Waals surface area (Å²) in [6, 6.07) is 10.1. The molecule has 0 aliphatic rings. The third kappa shape index (κ3) is 6.17. The number of amides is 1. The lowest BCUT2D eigenvalue weighted by atomic mass is 9.97. The second-order valence-electron chi connectivity index (χ2n) is 5.62. The van der Waals surface area contributed by atoms with E-state index in [2.05, 4.69) is 19.2 Å². The van der Waals surface area contributed by atoms with Gasteiger partial charge in [-0.25, -0.2) is 0 Å². The molecule has 0 spiro atoms. The van der Waals surface area contributed by atoms with Gasteiger partial charge in [-0.1, -0.05) is 44.2 Å². The fourth-order valence-electron chi connectivity index (χ4n) is 2.17. The Balaban J connectivity index is 2.63. The molecule has 1 amide bonds. The van der Waals surface area contributed by atoms with Gasteiger partial charge < -0.3 is 10.4 Å². The molecule has 1 unspecified atom stereocenters. The molecule has 0 aromatic heterocycles. The summed E-state index contributed by atoms with van der Waals surface area (Å²) in [6.07, 6.45) is 0.916. The number of hydrogen-bond donors (Lipinski definition) is 2. The molecule has 0 saturated carbocycles. The van der Waals surface area contributed by atoms with E-state index in [0.29, 0.717) is 19.0 Å². The number of benzene rings is 1. The summed E-state index contributed by atoms with van der Waals surface area (Å²) in [5.41, 5.74) is 1.14. The SMILES string of the molecule is CC(C)CC(NC(=O)CN(C)CCO)c1ccccc1. The lowest BCUT2D eigenvalue weighted by Crippen LogP contribution is -2.38. The molecule has 4 heteroatoms. The molecular weight excluding hydrogens is 252 g/mol. The molecule has 20 heavy (non-hydrogen) atoms. The van der Waals surface area contributed by atoms with Gasteiger partial charge in [0.15, 0.2) is 0 Å². The van der Waals surface area contributed by atoms with Crippen LogP contribution in [0.3, 0.4) is 0 Å². The highest BCUT2D eigenvalue weighted by Crippen LogP contribution is 2.20. The Bertz CT molecular complexity index is 393. The average Bonchev–Trinajstić information content (AvgIpc) is 2.38. The quantitative estimate of drug-likeness (QED) is 0.762. The first-order chi connectivity index (χ1) is 9.52. The molecule has 4 nitrogen and oxygen atoms in total. The summed E-state index contributed by atoms with van der Waals surface area (Å²) in [5.74, 6) is 0.506.